The Balaban J connectivity index is 1.97. The summed E-state index contributed by atoms with van der Waals surface area (Å²) in [6.07, 6.45) is 1.18. The Kier molecular flexibility index (Phi) is 4.08. The highest BCUT2D eigenvalue weighted by atomic mass is 35.5. The second-order valence-electron chi connectivity index (χ2n) is 4.85. The number of carbonyl (C=O) groups excluding carboxylic acids is 1. The van der Waals surface area contributed by atoms with Crippen LogP contribution in [0.3, 0.4) is 0 Å². The molecule has 0 aromatic heterocycles. The van der Waals surface area contributed by atoms with E-state index in [-0.39, 0.29) is 6.42 Å². The fraction of sp³-hybridized carbons (Fsp3) is 0.429. The van der Waals surface area contributed by atoms with Crippen LogP contribution in [0.2, 0.25) is 5.02 Å². The number of nitrogens with one attached hydrogen (secondary N) is 1. The molecule has 1 saturated carbocycles. The predicted molar refractivity (Wildman–Crippen MR) is 71.5 cm³/mol. The molecule has 19 heavy (non-hydrogen) atoms. The molecule has 5 heteroatoms. The molecule has 1 aliphatic rings. The van der Waals surface area contributed by atoms with Crippen molar-refractivity contribution >= 4 is 17.5 Å². The van der Waals surface area contributed by atoms with Crippen molar-refractivity contribution in [3.05, 3.63) is 34.9 Å². The molecule has 0 radical (unpaired) electrons. The zero-order valence-electron chi connectivity index (χ0n) is 10.4. The largest absolute Gasteiger partial charge is 0.383 e. The number of hydrogen-bond acceptors (Lipinski definition) is 3. The number of hydrogen-bond donors (Lipinski definition) is 2. The van der Waals surface area contributed by atoms with Crippen LogP contribution in [0.25, 0.3) is 0 Å². The molecule has 1 aliphatic carbocycles. The third-order valence-corrected chi connectivity index (χ3v) is 3.83. The van der Waals surface area contributed by atoms with Gasteiger partial charge in [-0.2, -0.15) is 5.26 Å². The molecule has 1 aromatic rings. The van der Waals surface area contributed by atoms with Gasteiger partial charge in [-0.25, -0.2) is 0 Å². The van der Waals surface area contributed by atoms with Crippen LogP contribution in [0.4, 0.5) is 0 Å². The highest BCUT2D eigenvalue weighted by Gasteiger charge is 2.39. The summed E-state index contributed by atoms with van der Waals surface area (Å²) < 4.78 is 0. The second-order valence-corrected chi connectivity index (χ2v) is 5.26. The molecular weight excluding hydrogens is 264 g/mol. The maximum Gasteiger partial charge on any atom is 0.250 e. The molecule has 0 unspecified atom stereocenters. The van der Waals surface area contributed by atoms with Crippen LogP contribution < -0.4 is 5.32 Å². The van der Waals surface area contributed by atoms with Gasteiger partial charge in [0.1, 0.15) is 11.6 Å². The van der Waals surface area contributed by atoms with Crippen molar-refractivity contribution in [2.75, 3.05) is 0 Å². The quantitative estimate of drug-likeness (QED) is 0.882. The number of nitriles is 1. The van der Waals surface area contributed by atoms with E-state index in [0.717, 1.165) is 6.42 Å². The molecule has 100 valence electrons. The van der Waals surface area contributed by atoms with Gasteiger partial charge < -0.3 is 10.4 Å². The van der Waals surface area contributed by atoms with Crippen LogP contribution >= 0.6 is 11.6 Å². The summed E-state index contributed by atoms with van der Waals surface area (Å²) in [5.41, 5.74) is -0.0649. The monoisotopic (exact) mass is 278 g/mol. The van der Waals surface area contributed by atoms with Gasteiger partial charge in [-0.3, -0.25) is 4.79 Å². The van der Waals surface area contributed by atoms with Gasteiger partial charge in [-0.15, -0.1) is 0 Å². The van der Waals surface area contributed by atoms with E-state index in [9.17, 15) is 9.90 Å². The van der Waals surface area contributed by atoms with Gasteiger partial charge in [0.2, 0.25) is 5.91 Å². The molecule has 2 rings (SSSR count). The Morgan fingerprint density at radius 2 is 2.21 bits per heavy atom. The van der Waals surface area contributed by atoms with Gasteiger partial charge in [-0.05, 0) is 30.9 Å². The molecule has 1 aromatic carbocycles. The van der Waals surface area contributed by atoms with Crippen LogP contribution in [0.15, 0.2) is 24.3 Å². The number of halogens is 1. The van der Waals surface area contributed by atoms with Gasteiger partial charge in [-0.1, -0.05) is 29.8 Å². The first kappa shape index (κ1) is 13.9. The molecule has 1 atom stereocenters. The second kappa shape index (κ2) is 5.60. The highest BCUT2D eigenvalue weighted by Crippen LogP contribution is 2.31. The minimum atomic E-state index is -1.19. The molecule has 0 bridgehead atoms. The number of aliphatic hydroxyl groups excluding tert-OH is 1. The Hall–Kier alpha value is -1.57. The zero-order chi connectivity index (χ0) is 13.9. The molecule has 0 saturated heterocycles. The third kappa shape index (κ3) is 3.06. The van der Waals surface area contributed by atoms with Crippen LogP contribution in [0.1, 0.15) is 24.8 Å². The summed E-state index contributed by atoms with van der Waals surface area (Å²) in [7, 11) is 0. The molecule has 1 amide bonds. The van der Waals surface area contributed by atoms with Gasteiger partial charge in [0.15, 0.2) is 0 Å². The third-order valence-electron chi connectivity index (χ3n) is 3.46. The molecule has 1 fully saturated rings. The first-order chi connectivity index (χ1) is 9.06. The Morgan fingerprint density at radius 3 is 2.74 bits per heavy atom. The lowest BCUT2D eigenvalue weighted by Crippen LogP contribution is -2.55. The summed E-state index contributed by atoms with van der Waals surface area (Å²) in [5.74, 6) is -0.513. The summed E-state index contributed by atoms with van der Waals surface area (Å²) >= 11 is 5.98. The van der Waals surface area contributed by atoms with E-state index in [1.807, 2.05) is 0 Å². The minimum Gasteiger partial charge on any atom is -0.383 e. The van der Waals surface area contributed by atoms with Crippen LogP contribution in [0, 0.1) is 11.3 Å². The normalized spacial score (nSPS) is 17.9. The molecule has 2 N–H and O–H groups in total. The van der Waals surface area contributed by atoms with Crippen molar-refractivity contribution < 1.29 is 9.90 Å². The SMILES string of the molecule is N#CC1(NC(=O)[C@@H](O)Cc2ccccc2Cl)CCC1. The Morgan fingerprint density at radius 1 is 1.53 bits per heavy atom. The lowest BCUT2D eigenvalue weighted by molar-refractivity contribution is -0.131. The van der Waals surface area contributed by atoms with E-state index >= 15 is 0 Å². The molecule has 0 spiro atoms. The first-order valence-electron chi connectivity index (χ1n) is 6.21. The van der Waals surface area contributed by atoms with Crippen molar-refractivity contribution in [2.45, 2.75) is 37.3 Å². The van der Waals surface area contributed by atoms with Crippen LogP contribution in [-0.4, -0.2) is 22.7 Å². The molecule has 0 heterocycles. The highest BCUT2D eigenvalue weighted by molar-refractivity contribution is 6.31. The number of rotatable bonds is 4. The fourth-order valence-electron chi connectivity index (χ4n) is 2.08. The molecule has 4 nitrogen and oxygen atoms in total. The topological polar surface area (TPSA) is 73.1 Å². The Bertz CT molecular complexity index is 520. The summed E-state index contributed by atoms with van der Waals surface area (Å²) in [6.45, 7) is 0. The molecular formula is C14H15ClN2O2. The standard InChI is InChI=1S/C14H15ClN2O2/c15-11-5-2-1-4-10(11)8-12(18)13(19)17-14(9-16)6-3-7-14/h1-2,4-5,12,18H,3,6-8H2,(H,17,19)/t12-/m0/s1. The minimum absolute atomic E-state index is 0.146. The number of nitrogens with zero attached hydrogens (tertiary/aromatic N) is 1. The molecule has 0 aliphatic heterocycles. The smallest absolute Gasteiger partial charge is 0.250 e. The number of aliphatic hydroxyl groups is 1. The van der Waals surface area contributed by atoms with Crippen molar-refractivity contribution in [3.8, 4) is 6.07 Å². The number of carbonyl (C=O) groups is 1. The van der Waals surface area contributed by atoms with Gasteiger partial charge >= 0.3 is 0 Å². The summed E-state index contributed by atoms with van der Waals surface area (Å²) in [5, 5.41) is 22.1. The predicted octanol–water partition coefficient (Wildman–Crippen LogP) is 1.81. The van der Waals surface area contributed by atoms with E-state index < -0.39 is 17.6 Å². The average molecular weight is 279 g/mol. The lowest BCUT2D eigenvalue weighted by Gasteiger charge is -2.36. The first-order valence-corrected chi connectivity index (χ1v) is 6.59. The van der Waals surface area contributed by atoms with Gasteiger partial charge in [0.25, 0.3) is 0 Å². The van der Waals surface area contributed by atoms with E-state index in [1.165, 1.54) is 0 Å². The average Bonchev–Trinajstić information content (AvgIpc) is 2.36. The van der Waals surface area contributed by atoms with Gasteiger partial charge in [0, 0.05) is 11.4 Å². The Labute approximate surface area is 117 Å². The zero-order valence-corrected chi connectivity index (χ0v) is 11.2. The van der Waals surface area contributed by atoms with Crippen molar-refractivity contribution in [3.63, 3.8) is 0 Å². The van der Waals surface area contributed by atoms with E-state index in [4.69, 9.17) is 16.9 Å². The maximum atomic E-state index is 11.9. The lowest BCUT2D eigenvalue weighted by atomic mass is 9.78. The summed E-state index contributed by atoms with van der Waals surface area (Å²) in [6, 6.07) is 9.17. The maximum absolute atomic E-state index is 11.9. The van der Waals surface area contributed by atoms with Crippen molar-refractivity contribution in [1.29, 1.82) is 5.26 Å². The summed E-state index contributed by atoms with van der Waals surface area (Å²) in [4.78, 5) is 11.9. The van der Waals surface area contributed by atoms with Crippen molar-refractivity contribution in [1.82, 2.24) is 5.32 Å². The van der Waals surface area contributed by atoms with Crippen LogP contribution in [0.5, 0.6) is 0 Å². The number of amides is 1. The van der Waals surface area contributed by atoms with E-state index in [1.54, 1.807) is 24.3 Å². The number of benzene rings is 1. The van der Waals surface area contributed by atoms with E-state index in [0.29, 0.717) is 23.4 Å². The van der Waals surface area contributed by atoms with Gasteiger partial charge in [0.05, 0.1) is 6.07 Å². The fourth-order valence-corrected chi connectivity index (χ4v) is 2.29. The van der Waals surface area contributed by atoms with Crippen molar-refractivity contribution in [2.24, 2.45) is 0 Å². The van der Waals surface area contributed by atoms with Crippen LogP contribution in [-0.2, 0) is 11.2 Å². The van der Waals surface area contributed by atoms with E-state index in [2.05, 4.69) is 11.4 Å².